The van der Waals surface area contributed by atoms with Gasteiger partial charge in [-0.05, 0) is 44.1 Å². The second-order valence-electron chi connectivity index (χ2n) is 3.56. The molecule has 1 fully saturated rings. The van der Waals surface area contributed by atoms with Crippen LogP contribution >= 0.6 is 0 Å². The van der Waals surface area contributed by atoms with Gasteiger partial charge in [-0.25, -0.2) is 4.39 Å². The number of fused-ring (bicyclic) bond motifs is 1. The van der Waals surface area contributed by atoms with Gasteiger partial charge in [-0.3, -0.25) is 5.10 Å². The van der Waals surface area contributed by atoms with E-state index in [0.29, 0.717) is 0 Å². The molecule has 4 heteroatoms. The van der Waals surface area contributed by atoms with Gasteiger partial charge in [0.25, 0.3) is 0 Å². The van der Waals surface area contributed by atoms with Crippen molar-refractivity contribution in [1.82, 2.24) is 15.5 Å². The number of hydrogen-bond donors (Lipinski definition) is 2. The summed E-state index contributed by atoms with van der Waals surface area (Å²) in [5.74, 6) is -0.239. The predicted octanol–water partition coefficient (Wildman–Crippen LogP) is 2.07. The molecule has 3 rings (SSSR count). The SMILES string of the molecule is C1CCNC1.Fc1ccc2cn[nH]c2c1. The van der Waals surface area contributed by atoms with Gasteiger partial charge >= 0.3 is 0 Å². The summed E-state index contributed by atoms with van der Waals surface area (Å²) >= 11 is 0. The van der Waals surface area contributed by atoms with Crippen LogP contribution in [-0.4, -0.2) is 23.3 Å². The normalized spacial score (nSPS) is 15.0. The highest BCUT2D eigenvalue weighted by Gasteiger charge is 1.94. The Kier molecular flexibility index (Phi) is 3.29. The van der Waals surface area contributed by atoms with E-state index in [2.05, 4.69) is 15.5 Å². The Bertz CT molecular complexity index is 413. The van der Waals surface area contributed by atoms with Gasteiger partial charge in [0, 0.05) is 5.39 Å². The van der Waals surface area contributed by atoms with Gasteiger partial charge in [-0.2, -0.15) is 5.10 Å². The fourth-order valence-corrected chi connectivity index (χ4v) is 1.53. The van der Waals surface area contributed by atoms with Crippen molar-refractivity contribution < 1.29 is 4.39 Å². The highest BCUT2D eigenvalue weighted by molar-refractivity contribution is 5.77. The van der Waals surface area contributed by atoms with Crippen LogP contribution in [0.15, 0.2) is 24.4 Å². The quantitative estimate of drug-likeness (QED) is 0.694. The Balaban J connectivity index is 0.000000144. The summed E-state index contributed by atoms with van der Waals surface area (Å²) in [6.45, 7) is 2.50. The van der Waals surface area contributed by atoms with E-state index >= 15 is 0 Å². The van der Waals surface area contributed by atoms with E-state index in [1.54, 1.807) is 12.3 Å². The first-order valence-electron chi connectivity index (χ1n) is 5.15. The van der Waals surface area contributed by atoms with Gasteiger partial charge in [-0.15, -0.1) is 0 Å². The zero-order valence-corrected chi connectivity index (χ0v) is 8.46. The molecule has 2 N–H and O–H groups in total. The van der Waals surface area contributed by atoms with Crippen LogP contribution in [0.3, 0.4) is 0 Å². The maximum absolute atomic E-state index is 12.5. The minimum atomic E-state index is -0.239. The number of rotatable bonds is 0. The summed E-state index contributed by atoms with van der Waals surface area (Å²) in [5, 5.41) is 10.6. The van der Waals surface area contributed by atoms with Crippen LogP contribution in [0, 0.1) is 5.82 Å². The van der Waals surface area contributed by atoms with Crippen LogP contribution in [0.25, 0.3) is 10.9 Å². The Labute approximate surface area is 87.7 Å². The van der Waals surface area contributed by atoms with E-state index in [-0.39, 0.29) is 5.82 Å². The number of nitrogens with one attached hydrogen (secondary N) is 2. The Morgan fingerprint density at radius 1 is 1.20 bits per heavy atom. The molecule has 0 saturated carbocycles. The molecule has 0 radical (unpaired) electrons. The number of benzene rings is 1. The van der Waals surface area contributed by atoms with E-state index in [1.165, 1.54) is 38.1 Å². The molecule has 1 saturated heterocycles. The summed E-state index contributed by atoms with van der Waals surface area (Å²) in [5.41, 5.74) is 0.736. The molecule has 1 aromatic carbocycles. The average molecular weight is 207 g/mol. The van der Waals surface area contributed by atoms with E-state index in [4.69, 9.17) is 0 Å². The van der Waals surface area contributed by atoms with Gasteiger partial charge in [0.05, 0.1) is 11.7 Å². The largest absolute Gasteiger partial charge is 0.317 e. The maximum atomic E-state index is 12.5. The first-order chi connectivity index (χ1) is 7.36. The summed E-state index contributed by atoms with van der Waals surface area (Å²) in [6, 6.07) is 4.52. The molecular weight excluding hydrogens is 193 g/mol. The van der Waals surface area contributed by atoms with Crippen molar-refractivity contribution >= 4 is 10.9 Å². The Morgan fingerprint density at radius 3 is 2.67 bits per heavy atom. The first kappa shape index (κ1) is 10.1. The zero-order valence-electron chi connectivity index (χ0n) is 8.46. The second kappa shape index (κ2) is 4.89. The van der Waals surface area contributed by atoms with Crippen molar-refractivity contribution in [3.8, 4) is 0 Å². The van der Waals surface area contributed by atoms with Crippen LogP contribution in [0.1, 0.15) is 12.8 Å². The summed E-state index contributed by atoms with van der Waals surface area (Å²) in [7, 11) is 0. The topological polar surface area (TPSA) is 40.7 Å². The third-order valence-electron chi connectivity index (χ3n) is 2.36. The van der Waals surface area contributed by atoms with Crippen molar-refractivity contribution in [2.45, 2.75) is 12.8 Å². The lowest BCUT2D eigenvalue weighted by atomic mass is 10.2. The minimum absolute atomic E-state index is 0.239. The predicted molar refractivity (Wildman–Crippen MR) is 58.2 cm³/mol. The fourth-order valence-electron chi connectivity index (χ4n) is 1.53. The lowest BCUT2D eigenvalue weighted by Gasteiger charge is -1.86. The number of aromatic nitrogens is 2. The number of H-pyrrole nitrogens is 1. The molecule has 0 atom stereocenters. The molecule has 1 aliphatic rings. The standard InChI is InChI=1S/C7H5FN2.C4H9N/c8-6-2-1-5-4-9-10-7(5)3-6;1-2-4-5-3-1/h1-4H,(H,9,10);5H,1-4H2. The van der Waals surface area contributed by atoms with Crippen molar-refractivity contribution in [1.29, 1.82) is 0 Å². The third-order valence-corrected chi connectivity index (χ3v) is 2.36. The fraction of sp³-hybridized carbons (Fsp3) is 0.364. The van der Waals surface area contributed by atoms with Gasteiger partial charge in [0.1, 0.15) is 5.82 Å². The average Bonchev–Trinajstić information content (AvgIpc) is 2.91. The molecule has 2 aromatic rings. The summed E-state index contributed by atoms with van der Waals surface area (Å²) in [4.78, 5) is 0. The van der Waals surface area contributed by atoms with Crippen molar-refractivity contribution in [3.63, 3.8) is 0 Å². The molecule has 2 heterocycles. The highest BCUT2D eigenvalue weighted by Crippen LogP contribution is 2.10. The van der Waals surface area contributed by atoms with Crippen LogP contribution < -0.4 is 5.32 Å². The lowest BCUT2D eigenvalue weighted by molar-refractivity contribution is 0.629. The number of nitrogens with zero attached hydrogens (tertiary/aromatic N) is 1. The second-order valence-corrected chi connectivity index (χ2v) is 3.56. The maximum Gasteiger partial charge on any atom is 0.125 e. The number of aromatic amines is 1. The zero-order chi connectivity index (χ0) is 10.5. The summed E-state index contributed by atoms with van der Waals surface area (Å²) in [6.07, 6.45) is 4.44. The van der Waals surface area contributed by atoms with Crippen LogP contribution in [-0.2, 0) is 0 Å². The van der Waals surface area contributed by atoms with Crippen molar-refractivity contribution in [2.75, 3.05) is 13.1 Å². The van der Waals surface area contributed by atoms with Gasteiger partial charge in [0.2, 0.25) is 0 Å². The molecule has 80 valence electrons. The molecule has 3 nitrogen and oxygen atoms in total. The molecule has 0 amide bonds. The highest BCUT2D eigenvalue weighted by atomic mass is 19.1. The van der Waals surface area contributed by atoms with Crippen molar-refractivity contribution in [2.24, 2.45) is 0 Å². The molecule has 0 spiro atoms. The Hall–Kier alpha value is -1.42. The van der Waals surface area contributed by atoms with E-state index in [0.717, 1.165) is 10.9 Å². The molecular formula is C11H14FN3. The molecule has 0 bridgehead atoms. The molecule has 0 unspecified atom stereocenters. The number of hydrogen-bond acceptors (Lipinski definition) is 2. The molecule has 0 aliphatic carbocycles. The van der Waals surface area contributed by atoms with Gasteiger partial charge in [0.15, 0.2) is 0 Å². The van der Waals surface area contributed by atoms with E-state index in [9.17, 15) is 4.39 Å². The smallest absolute Gasteiger partial charge is 0.125 e. The van der Waals surface area contributed by atoms with Crippen LogP contribution in [0.2, 0.25) is 0 Å². The number of halogens is 1. The molecule has 1 aliphatic heterocycles. The molecule has 15 heavy (non-hydrogen) atoms. The summed E-state index contributed by atoms with van der Waals surface area (Å²) < 4.78 is 12.5. The monoisotopic (exact) mass is 207 g/mol. The Morgan fingerprint density at radius 2 is 2.00 bits per heavy atom. The minimum Gasteiger partial charge on any atom is -0.317 e. The van der Waals surface area contributed by atoms with Crippen molar-refractivity contribution in [3.05, 3.63) is 30.2 Å². The molecule has 1 aromatic heterocycles. The van der Waals surface area contributed by atoms with Gasteiger partial charge < -0.3 is 5.32 Å². The first-order valence-corrected chi connectivity index (χ1v) is 5.15. The van der Waals surface area contributed by atoms with Crippen LogP contribution in [0.4, 0.5) is 4.39 Å². The van der Waals surface area contributed by atoms with E-state index in [1.807, 2.05) is 0 Å². The lowest BCUT2D eigenvalue weighted by Crippen LogP contribution is -2.03. The van der Waals surface area contributed by atoms with E-state index < -0.39 is 0 Å². The van der Waals surface area contributed by atoms with Crippen LogP contribution in [0.5, 0.6) is 0 Å². The van der Waals surface area contributed by atoms with Gasteiger partial charge in [-0.1, -0.05) is 0 Å². The third kappa shape index (κ3) is 2.76.